The number of para-hydroxylation sites is 2. The number of pyridine rings is 1. The van der Waals surface area contributed by atoms with Gasteiger partial charge in [-0.05, 0) is 116 Å². The van der Waals surface area contributed by atoms with Gasteiger partial charge < -0.3 is 4.74 Å². The van der Waals surface area contributed by atoms with Gasteiger partial charge in [0, 0.05) is 27.4 Å². The van der Waals surface area contributed by atoms with Gasteiger partial charge in [-0.2, -0.15) is 4.57 Å². The van der Waals surface area contributed by atoms with E-state index in [0.29, 0.717) is 11.3 Å². The number of hydrogen-bond acceptors (Lipinski definition) is 1. The van der Waals surface area contributed by atoms with E-state index in [2.05, 4.69) is 185 Å². The Balaban J connectivity index is 1.25. The highest BCUT2D eigenvalue weighted by molar-refractivity contribution is 5.98. The highest BCUT2D eigenvalue weighted by atomic mass is 16.5. The monoisotopic (exact) mass is 786 g/mol. The number of aryl methyl sites for hydroxylation is 1. The number of ether oxygens (including phenoxy) is 1. The van der Waals surface area contributed by atoms with Crippen molar-refractivity contribution in [3.8, 4) is 67.5 Å². The number of fused-ring (bicyclic) bond motifs is 5. The molecular weight excluding hydrogens is 731 g/mol. The zero-order valence-corrected chi connectivity index (χ0v) is 36.0. The summed E-state index contributed by atoms with van der Waals surface area (Å²) in [6.07, 6.45) is 2.18. The van der Waals surface area contributed by atoms with E-state index in [1.54, 1.807) is 0 Å². The van der Waals surface area contributed by atoms with Crippen molar-refractivity contribution in [2.45, 2.75) is 91.3 Å². The topological polar surface area (TPSA) is 21.9 Å². The highest BCUT2D eigenvalue weighted by Crippen LogP contribution is 2.54. The van der Waals surface area contributed by atoms with Crippen LogP contribution in [0.1, 0.15) is 94.2 Å². The number of hydrogen-bond donors (Lipinski definition) is 0. The predicted molar refractivity (Wildman–Crippen MR) is 245 cm³/mol. The molecule has 1 unspecified atom stereocenters. The summed E-state index contributed by atoms with van der Waals surface area (Å²) in [5.74, 6) is 0.450. The maximum atomic E-state index is 9.19. The van der Waals surface area contributed by atoms with Crippen molar-refractivity contribution in [1.29, 1.82) is 0 Å². The lowest BCUT2D eigenvalue weighted by molar-refractivity contribution is -0.997. The van der Waals surface area contributed by atoms with Crippen molar-refractivity contribution >= 4 is 11.0 Å². The first-order valence-electron chi connectivity index (χ1n) is 22.8. The van der Waals surface area contributed by atoms with E-state index in [4.69, 9.17) is 4.74 Å². The summed E-state index contributed by atoms with van der Waals surface area (Å²) in [4.78, 5) is 0. The number of nitrogens with zero attached hydrogens (tertiary/aromatic N) is 3. The molecule has 3 aliphatic heterocycles. The molecule has 8 aromatic rings. The maximum absolute atomic E-state index is 9.19. The van der Waals surface area contributed by atoms with Gasteiger partial charge in [0.2, 0.25) is 5.69 Å². The van der Waals surface area contributed by atoms with E-state index in [1.807, 2.05) is 30.3 Å². The van der Waals surface area contributed by atoms with E-state index >= 15 is 0 Å². The van der Waals surface area contributed by atoms with Crippen LogP contribution in [0, 0.1) is 6.85 Å². The van der Waals surface area contributed by atoms with Crippen molar-refractivity contribution in [3.05, 3.63) is 167 Å². The highest BCUT2D eigenvalue weighted by Gasteiger charge is 2.68. The minimum atomic E-state index is -2.44. The molecule has 0 radical (unpaired) electrons. The summed E-state index contributed by atoms with van der Waals surface area (Å²) in [7, 11) is 0. The Morgan fingerprint density at radius 2 is 1.20 bits per heavy atom. The number of aromatic nitrogens is 3. The lowest BCUT2D eigenvalue weighted by Gasteiger charge is -2.32. The zero-order valence-electron chi connectivity index (χ0n) is 39.0. The lowest BCUT2D eigenvalue weighted by Crippen LogP contribution is -2.78. The summed E-state index contributed by atoms with van der Waals surface area (Å²) in [6, 6.07) is 47.3. The SMILES string of the molecule is [2H]C([2H])([2H])c1cc(-c2cc(C(C)(C)C)cc(C(C)(C)C)c2)ccc1-n1c2[n+]3c4c(cccc41)-c1cc(C(C)(C)C)cc4c1C3(Oc1ccccc1-2)[n+]1ccc(-c2ccccc2)cc1-4. The molecule has 0 saturated carbocycles. The molecule has 296 valence electrons. The summed E-state index contributed by atoms with van der Waals surface area (Å²) in [5, 5.41) is 0. The van der Waals surface area contributed by atoms with E-state index in [9.17, 15) is 4.11 Å². The average molecular weight is 787 g/mol. The molecule has 4 nitrogen and oxygen atoms in total. The van der Waals surface area contributed by atoms with Crippen LogP contribution in [-0.2, 0) is 22.1 Å². The first-order chi connectivity index (χ1) is 29.7. The first kappa shape index (κ1) is 33.6. The molecule has 0 aliphatic carbocycles. The number of rotatable bonds is 3. The maximum Gasteiger partial charge on any atom is 0.499 e. The number of benzene rings is 6. The molecule has 0 fully saturated rings. The molecule has 0 saturated heterocycles. The largest absolute Gasteiger partial charge is 0.499 e. The van der Waals surface area contributed by atoms with E-state index in [0.717, 1.165) is 78.4 Å². The van der Waals surface area contributed by atoms with E-state index in [-0.39, 0.29) is 16.2 Å². The van der Waals surface area contributed by atoms with Crippen LogP contribution in [-0.4, -0.2) is 4.57 Å². The summed E-state index contributed by atoms with van der Waals surface area (Å²) >= 11 is 0. The van der Waals surface area contributed by atoms with Crippen LogP contribution < -0.4 is 13.9 Å². The van der Waals surface area contributed by atoms with Crippen molar-refractivity contribution in [2.24, 2.45) is 0 Å². The second-order valence-corrected chi connectivity index (χ2v) is 20.1. The minimum absolute atomic E-state index is 0.0936. The van der Waals surface area contributed by atoms with Crippen molar-refractivity contribution in [1.82, 2.24) is 4.57 Å². The Bertz CT molecular complexity index is 3210. The summed E-state index contributed by atoms with van der Waals surface area (Å²) in [5.41, 5.74) is 16.7. The van der Waals surface area contributed by atoms with Gasteiger partial charge in [0.15, 0.2) is 17.2 Å². The third-order valence-corrected chi connectivity index (χ3v) is 13.1. The van der Waals surface area contributed by atoms with Gasteiger partial charge in [-0.1, -0.05) is 135 Å². The van der Waals surface area contributed by atoms with E-state index < -0.39 is 12.7 Å². The Hall–Kier alpha value is -6.26. The molecular formula is C56H53N3O+2. The van der Waals surface area contributed by atoms with E-state index in [1.165, 1.54) is 16.7 Å². The second-order valence-electron chi connectivity index (χ2n) is 20.1. The number of imidazole rings is 1. The van der Waals surface area contributed by atoms with Gasteiger partial charge in [0.1, 0.15) is 22.6 Å². The second kappa shape index (κ2) is 12.2. The van der Waals surface area contributed by atoms with Gasteiger partial charge >= 0.3 is 11.7 Å². The van der Waals surface area contributed by atoms with Gasteiger partial charge in [-0.3, -0.25) is 0 Å². The van der Waals surface area contributed by atoms with Crippen LogP contribution in [0.2, 0.25) is 0 Å². The zero-order chi connectivity index (χ0) is 44.2. The smallest absolute Gasteiger partial charge is 0.392 e. The molecule has 11 rings (SSSR count). The Labute approximate surface area is 358 Å². The Morgan fingerprint density at radius 1 is 0.550 bits per heavy atom. The molecule has 2 aromatic heterocycles. The molecule has 1 atom stereocenters. The molecule has 6 aromatic carbocycles. The van der Waals surface area contributed by atoms with Crippen LogP contribution in [0.4, 0.5) is 0 Å². The van der Waals surface area contributed by atoms with Gasteiger partial charge in [-0.15, -0.1) is 9.13 Å². The van der Waals surface area contributed by atoms with Crippen LogP contribution in [0.25, 0.3) is 72.7 Å². The van der Waals surface area contributed by atoms with Gasteiger partial charge in [0.25, 0.3) is 0 Å². The van der Waals surface area contributed by atoms with Gasteiger partial charge in [-0.25, -0.2) is 0 Å². The fraction of sp³-hybridized carbons (Fsp3) is 0.250. The predicted octanol–water partition coefficient (Wildman–Crippen LogP) is 13.0. The first-order valence-corrected chi connectivity index (χ1v) is 21.3. The standard InChI is InChI=1S/C56H53N3O/c1-34-27-36(38-28-39(53(2,3)4)31-40(29-38)54(5,6)7)23-24-46(34)58-47-21-16-20-42-44-32-41(55(8,9)10)33-45-48-30-37(35-17-12-11-13-18-35)25-26-57(48)56(50(44)45)59(51(42)47)52(58)43-19-14-15-22-49(43)60-56/h11-33H,1-10H3/q+2/i1D3. The van der Waals surface area contributed by atoms with Crippen molar-refractivity contribution in [2.75, 3.05) is 0 Å². The minimum Gasteiger partial charge on any atom is -0.392 e. The quantitative estimate of drug-likeness (QED) is 0.164. The molecule has 0 amide bonds. The van der Waals surface area contributed by atoms with Crippen LogP contribution in [0.15, 0.2) is 140 Å². The lowest BCUT2D eigenvalue weighted by atomic mass is 9.79. The molecule has 0 bridgehead atoms. The van der Waals surface area contributed by atoms with Crippen LogP contribution in [0.3, 0.4) is 0 Å². The third-order valence-electron chi connectivity index (χ3n) is 13.1. The molecule has 0 N–H and O–H groups in total. The molecule has 3 aliphatic rings. The Kier molecular flexibility index (Phi) is 6.80. The molecule has 4 heteroatoms. The fourth-order valence-corrected chi connectivity index (χ4v) is 9.84. The normalized spacial score (nSPS) is 17.0. The molecule has 1 spiro atoms. The van der Waals surface area contributed by atoms with Crippen LogP contribution in [0.5, 0.6) is 5.75 Å². The summed E-state index contributed by atoms with van der Waals surface area (Å²) < 4.78 is 42.0. The van der Waals surface area contributed by atoms with Crippen molar-refractivity contribution in [3.63, 3.8) is 0 Å². The molecule has 5 heterocycles. The fourth-order valence-electron chi connectivity index (χ4n) is 9.84. The van der Waals surface area contributed by atoms with Crippen LogP contribution >= 0.6 is 0 Å². The average Bonchev–Trinajstić information content (AvgIpc) is 3.73. The summed E-state index contributed by atoms with van der Waals surface area (Å²) in [6.45, 7) is 17.8. The Morgan fingerprint density at radius 3 is 1.92 bits per heavy atom. The third kappa shape index (κ3) is 5.09. The molecule has 60 heavy (non-hydrogen) atoms. The van der Waals surface area contributed by atoms with Gasteiger partial charge in [0.05, 0.1) is 5.56 Å². The van der Waals surface area contributed by atoms with Crippen molar-refractivity contribution < 1.29 is 18.0 Å².